The van der Waals surface area contributed by atoms with Crippen LogP contribution in [0.15, 0.2) is 5.10 Å². The molecule has 1 saturated heterocycles. The number of hydrazone groups is 1. The molecule has 2 rings (SSSR count). The van der Waals surface area contributed by atoms with E-state index in [2.05, 4.69) is 15.8 Å². The van der Waals surface area contributed by atoms with Crippen molar-refractivity contribution in [2.75, 3.05) is 19.6 Å². The summed E-state index contributed by atoms with van der Waals surface area (Å²) in [5.74, 6) is -1.06. The molecule has 0 aromatic rings. The van der Waals surface area contributed by atoms with Crippen molar-refractivity contribution in [1.29, 1.82) is 0 Å². The molecule has 2 aliphatic heterocycles. The maximum Gasteiger partial charge on any atom is 0.270 e. The molecule has 0 aromatic carbocycles. The summed E-state index contributed by atoms with van der Waals surface area (Å²) in [5.41, 5.74) is 7.81. The summed E-state index contributed by atoms with van der Waals surface area (Å²) < 4.78 is 0. The van der Waals surface area contributed by atoms with Gasteiger partial charge in [-0.05, 0) is 25.9 Å². The van der Waals surface area contributed by atoms with E-state index in [0.717, 1.165) is 25.9 Å². The molecule has 0 unspecified atom stereocenters. The Morgan fingerprint density at radius 1 is 1.30 bits per heavy atom. The van der Waals surface area contributed by atoms with Crippen LogP contribution in [-0.4, -0.2) is 54.0 Å². The predicted molar refractivity (Wildman–Crippen MR) is 71.6 cm³/mol. The van der Waals surface area contributed by atoms with E-state index in [1.165, 1.54) is 4.90 Å². The topological polar surface area (TPSA) is 117 Å². The van der Waals surface area contributed by atoms with Crippen LogP contribution in [0.5, 0.6) is 0 Å². The van der Waals surface area contributed by atoms with Gasteiger partial charge in [0.05, 0.1) is 6.54 Å². The zero-order valence-electron chi connectivity index (χ0n) is 11.2. The number of carbonyl (C=O) groups is 3. The van der Waals surface area contributed by atoms with Crippen LogP contribution in [0.3, 0.4) is 0 Å². The Morgan fingerprint density at radius 2 is 2.00 bits per heavy atom. The van der Waals surface area contributed by atoms with Gasteiger partial charge in [-0.2, -0.15) is 5.10 Å². The lowest BCUT2D eigenvalue weighted by atomic mass is 10.0. The van der Waals surface area contributed by atoms with Gasteiger partial charge in [0.25, 0.3) is 5.91 Å². The molecule has 2 heterocycles. The monoisotopic (exact) mass is 281 g/mol. The van der Waals surface area contributed by atoms with Crippen molar-refractivity contribution in [3.05, 3.63) is 0 Å². The van der Waals surface area contributed by atoms with Crippen LogP contribution in [0.1, 0.15) is 25.7 Å². The minimum atomic E-state index is -0.544. The third-order valence-corrected chi connectivity index (χ3v) is 3.49. The van der Waals surface area contributed by atoms with E-state index in [1.54, 1.807) is 0 Å². The van der Waals surface area contributed by atoms with Crippen LogP contribution in [0.25, 0.3) is 0 Å². The Kier molecular flexibility index (Phi) is 4.67. The van der Waals surface area contributed by atoms with Crippen molar-refractivity contribution >= 4 is 23.4 Å². The highest BCUT2D eigenvalue weighted by Gasteiger charge is 2.30. The summed E-state index contributed by atoms with van der Waals surface area (Å²) in [6, 6.07) is -0.0171. The number of hydrogen-bond acceptors (Lipinski definition) is 5. The molecule has 0 aliphatic carbocycles. The van der Waals surface area contributed by atoms with E-state index >= 15 is 0 Å². The van der Waals surface area contributed by atoms with Crippen LogP contribution in [0, 0.1) is 0 Å². The van der Waals surface area contributed by atoms with Gasteiger partial charge in [0.15, 0.2) is 0 Å². The van der Waals surface area contributed by atoms with Gasteiger partial charge in [0.2, 0.25) is 11.8 Å². The second kappa shape index (κ2) is 6.47. The van der Waals surface area contributed by atoms with Gasteiger partial charge in [-0.15, -0.1) is 0 Å². The Bertz CT molecular complexity index is 442. The van der Waals surface area contributed by atoms with Gasteiger partial charge >= 0.3 is 0 Å². The molecule has 0 aromatic heterocycles. The summed E-state index contributed by atoms with van der Waals surface area (Å²) in [5, 5.41) is 7.00. The molecule has 0 radical (unpaired) electrons. The number of nitrogens with one attached hydrogen (secondary N) is 2. The van der Waals surface area contributed by atoms with Crippen molar-refractivity contribution in [3.8, 4) is 0 Å². The average molecular weight is 281 g/mol. The first-order chi connectivity index (χ1) is 9.58. The number of nitrogens with two attached hydrogens (primary N) is 1. The van der Waals surface area contributed by atoms with E-state index in [9.17, 15) is 14.4 Å². The van der Waals surface area contributed by atoms with Gasteiger partial charge < -0.3 is 16.0 Å². The zero-order chi connectivity index (χ0) is 14.5. The Labute approximate surface area is 116 Å². The van der Waals surface area contributed by atoms with E-state index in [4.69, 9.17) is 5.73 Å². The maximum absolute atomic E-state index is 12.5. The van der Waals surface area contributed by atoms with Gasteiger partial charge in [0.1, 0.15) is 5.71 Å². The normalized spacial score (nSPS) is 20.0. The number of nitrogens with zero attached hydrogens (tertiary/aromatic N) is 2. The second-order valence-electron chi connectivity index (χ2n) is 4.97. The Balaban J connectivity index is 2.10. The Hall–Kier alpha value is -1.96. The summed E-state index contributed by atoms with van der Waals surface area (Å²) in [6.07, 6.45) is 2.09. The molecule has 8 heteroatoms. The highest BCUT2D eigenvalue weighted by Crippen LogP contribution is 2.14. The summed E-state index contributed by atoms with van der Waals surface area (Å²) in [6.45, 7) is 1.49. The number of rotatable bonds is 4. The lowest BCUT2D eigenvalue weighted by molar-refractivity contribution is -0.132. The molecule has 0 atom stereocenters. The van der Waals surface area contributed by atoms with Gasteiger partial charge in [-0.3, -0.25) is 14.4 Å². The minimum absolute atomic E-state index is 0.0171. The fraction of sp³-hybridized carbons (Fsp3) is 0.667. The number of primary amides is 1. The zero-order valence-corrected chi connectivity index (χ0v) is 11.2. The predicted octanol–water partition coefficient (Wildman–Crippen LogP) is -1.68. The van der Waals surface area contributed by atoms with Crippen molar-refractivity contribution in [2.24, 2.45) is 10.8 Å². The third kappa shape index (κ3) is 3.53. The van der Waals surface area contributed by atoms with Crippen molar-refractivity contribution < 1.29 is 14.4 Å². The summed E-state index contributed by atoms with van der Waals surface area (Å²) in [7, 11) is 0. The van der Waals surface area contributed by atoms with Crippen LogP contribution in [0.4, 0.5) is 0 Å². The van der Waals surface area contributed by atoms with E-state index in [1.807, 2.05) is 0 Å². The molecule has 20 heavy (non-hydrogen) atoms. The summed E-state index contributed by atoms with van der Waals surface area (Å²) >= 11 is 0. The minimum Gasteiger partial charge on any atom is -0.368 e. The number of piperidine rings is 1. The van der Waals surface area contributed by atoms with Crippen molar-refractivity contribution in [3.63, 3.8) is 0 Å². The van der Waals surface area contributed by atoms with E-state index < -0.39 is 5.91 Å². The molecular weight excluding hydrogens is 262 g/mol. The highest BCUT2D eigenvalue weighted by atomic mass is 16.2. The summed E-state index contributed by atoms with van der Waals surface area (Å²) in [4.78, 5) is 36.2. The van der Waals surface area contributed by atoms with E-state index in [-0.39, 0.29) is 36.5 Å². The first-order valence-electron chi connectivity index (χ1n) is 6.73. The van der Waals surface area contributed by atoms with Crippen LogP contribution < -0.4 is 16.5 Å². The molecule has 0 saturated carbocycles. The second-order valence-corrected chi connectivity index (χ2v) is 4.97. The maximum atomic E-state index is 12.5. The number of carbonyl (C=O) groups excluding carboxylic acids is 3. The number of hydrogen-bond donors (Lipinski definition) is 3. The van der Waals surface area contributed by atoms with Crippen molar-refractivity contribution in [1.82, 2.24) is 15.6 Å². The number of amides is 3. The molecule has 4 N–H and O–H groups in total. The molecule has 1 fully saturated rings. The first kappa shape index (κ1) is 14.4. The van der Waals surface area contributed by atoms with Crippen molar-refractivity contribution in [2.45, 2.75) is 31.7 Å². The van der Waals surface area contributed by atoms with Crippen LogP contribution in [0.2, 0.25) is 0 Å². The Morgan fingerprint density at radius 3 is 2.55 bits per heavy atom. The molecule has 3 amide bonds. The molecule has 2 aliphatic rings. The van der Waals surface area contributed by atoms with Gasteiger partial charge in [-0.25, -0.2) is 5.43 Å². The lowest BCUT2D eigenvalue weighted by Crippen LogP contribution is -2.52. The first-order valence-corrected chi connectivity index (χ1v) is 6.73. The quantitative estimate of drug-likeness (QED) is 0.570. The average Bonchev–Trinajstić information content (AvgIpc) is 2.45. The molecule has 0 spiro atoms. The molecule has 8 nitrogen and oxygen atoms in total. The largest absolute Gasteiger partial charge is 0.368 e. The van der Waals surface area contributed by atoms with Crippen LogP contribution >= 0.6 is 0 Å². The fourth-order valence-electron chi connectivity index (χ4n) is 2.45. The third-order valence-electron chi connectivity index (χ3n) is 3.49. The standard InChI is InChI=1S/C12H19N5O3/c13-10(18)7-17(8-3-5-14-6-4-8)12(20)9-1-2-11(19)16-15-9/h8,14H,1-7H2,(H2,13,18)(H,16,19). The van der Waals surface area contributed by atoms with Crippen LogP contribution in [-0.2, 0) is 14.4 Å². The SMILES string of the molecule is NC(=O)CN(C(=O)C1=NNC(=O)CC1)C1CCNCC1. The van der Waals surface area contributed by atoms with Gasteiger partial charge in [0, 0.05) is 18.9 Å². The fourth-order valence-corrected chi connectivity index (χ4v) is 2.45. The van der Waals surface area contributed by atoms with E-state index in [0.29, 0.717) is 6.42 Å². The molecule has 110 valence electrons. The highest BCUT2D eigenvalue weighted by molar-refractivity contribution is 6.39. The molecular formula is C12H19N5O3. The smallest absolute Gasteiger partial charge is 0.270 e. The van der Waals surface area contributed by atoms with Gasteiger partial charge in [-0.1, -0.05) is 0 Å². The lowest BCUT2D eigenvalue weighted by Gasteiger charge is -2.34. The molecule has 0 bridgehead atoms.